The average Bonchev–Trinajstić information content (AvgIpc) is 3.07. The van der Waals surface area contributed by atoms with Crippen LogP contribution < -0.4 is 0 Å². The van der Waals surface area contributed by atoms with Gasteiger partial charge in [0.25, 0.3) is 0 Å². The maximum atomic E-state index is 6.15. The van der Waals surface area contributed by atoms with Gasteiger partial charge in [-0.25, -0.2) is 4.99 Å². The van der Waals surface area contributed by atoms with E-state index in [2.05, 4.69) is 9.98 Å². The molecular weight excluding hydrogens is 343 g/mol. The van der Waals surface area contributed by atoms with E-state index in [4.69, 9.17) is 27.6 Å². The Hall–Kier alpha value is -2.36. The first kappa shape index (κ1) is 16.5. The molecule has 0 radical (unpaired) electrons. The zero-order valence-corrected chi connectivity index (χ0v) is 14.4. The highest BCUT2D eigenvalue weighted by Crippen LogP contribution is 2.22. The van der Waals surface area contributed by atoms with Crippen LogP contribution in [-0.4, -0.2) is 11.9 Å². The molecule has 5 heteroatoms. The Bertz CT molecular complexity index is 899. The molecule has 24 heavy (non-hydrogen) atoms. The highest BCUT2D eigenvalue weighted by molar-refractivity contribution is 6.36. The molecule has 3 aromatic rings. The molecule has 0 amide bonds. The van der Waals surface area contributed by atoms with Crippen molar-refractivity contribution in [1.29, 1.82) is 0 Å². The molecule has 1 aromatic heterocycles. The molecule has 2 aromatic carbocycles. The summed E-state index contributed by atoms with van der Waals surface area (Å²) in [6, 6.07) is 16.7. The summed E-state index contributed by atoms with van der Waals surface area (Å²) in [5.74, 6) is 0.578. The summed E-state index contributed by atoms with van der Waals surface area (Å²) >= 11 is 12.0. The van der Waals surface area contributed by atoms with E-state index in [1.807, 2.05) is 49.4 Å². The third kappa shape index (κ3) is 4.13. The van der Waals surface area contributed by atoms with Crippen LogP contribution >= 0.6 is 23.2 Å². The van der Waals surface area contributed by atoms with Crippen LogP contribution in [0.3, 0.4) is 0 Å². The van der Waals surface area contributed by atoms with Crippen molar-refractivity contribution in [3.8, 4) is 0 Å². The highest BCUT2D eigenvalue weighted by atomic mass is 35.5. The zero-order valence-electron chi connectivity index (χ0n) is 12.9. The first-order valence-corrected chi connectivity index (χ1v) is 8.06. The maximum Gasteiger partial charge on any atom is 0.218 e. The van der Waals surface area contributed by atoms with Crippen molar-refractivity contribution in [1.82, 2.24) is 0 Å². The summed E-state index contributed by atoms with van der Waals surface area (Å²) in [5.41, 5.74) is 3.45. The number of benzene rings is 2. The van der Waals surface area contributed by atoms with E-state index < -0.39 is 0 Å². The molecule has 1 heterocycles. The van der Waals surface area contributed by atoms with Gasteiger partial charge in [0.15, 0.2) is 0 Å². The third-order valence-corrected chi connectivity index (χ3v) is 3.93. The lowest BCUT2D eigenvalue weighted by molar-refractivity contribution is 0.578. The van der Waals surface area contributed by atoms with Gasteiger partial charge >= 0.3 is 0 Å². The van der Waals surface area contributed by atoms with Crippen LogP contribution in [0.5, 0.6) is 0 Å². The second-order valence-corrected chi connectivity index (χ2v) is 5.97. The number of aliphatic imine (C=N–C) groups is 2. The van der Waals surface area contributed by atoms with Crippen LogP contribution in [0.2, 0.25) is 10.0 Å². The minimum atomic E-state index is 0.568. The van der Waals surface area contributed by atoms with Crippen molar-refractivity contribution >= 4 is 46.7 Å². The zero-order chi connectivity index (χ0) is 16.9. The van der Waals surface area contributed by atoms with Gasteiger partial charge < -0.3 is 4.42 Å². The number of hydrogen-bond donors (Lipinski definition) is 0. The standard InChI is InChI=1S/C19H14Cl2N2O/c1-13(23-19-6-3-9-24-19)14-4-2-5-17(10-14)22-12-15-7-8-16(20)11-18(15)21/h2-12H,1H3/b22-12?,23-13-. The lowest BCUT2D eigenvalue weighted by Gasteiger charge is -2.02. The predicted molar refractivity (Wildman–Crippen MR) is 101 cm³/mol. The fraction of sp³-hybridized carbons (Fsp3) is 0.0526. The molecule has 0 unspecified atom stereocenters. The van der Waals surface area contributed by atoms with Crippen LogP contribution in [-0.2, 0) is 0 Å². The second kappa shape index (κ2) is 7.47. The number of furan rings is 1. The van der Waals surface area contributed by atoms with Crippen LogP contribution in [0.1, 0.15) is 18.1 Å². The number of halogens is 2. The molecule has 0 saturated heterocycles. The van der Waals surface area contributed by atoms with Gasteiger partial charge in [0.2, 0.25) is 5.88 Å². The SMILES string of the molecule is C/C(=N/c1ccco1)c1cccc(N=Cc2ccc(Cl)cc2Cl)c1. The summed E-state index contributed by atoms with van der Waals surface area (Å²) in [7, 11) is 0. The molecule has 0 spiro atoms. The molecular formula is C19H14Cl2N2O. The monoisotopic (exact) mass is 356 g/mol. The largest absolute Gasteiger partial charge is 0.447 e. The summed E-state index contributed by atoms with van der Waals surface area (Å²) in [6.45, 7) is 1.93. The minimum Gasteiger partial charge on any atom is -0.447 e. The van der Waals surface area contributed by atoms with Gasteiger partial charge in [0, 0.05) is 28.6 Å². The topological polar surface area (TPSA) is 37.9 Å². The van der Waals surface area contributed by atoms with Crippen LogP contribution in [0, 0.1) is 0 Å². The molecule has 0 aliphatic rings. The smallest absolute Gasteiger partial charge is 0.218 e. The fourth-order valence-corrected chi connectivity index (χ4v) is 2.58. The van der Waals surface area contributed by atoms with Crippen LogP contribution in [0.4, 0.5) is 11.6 Å². The van der Waals surface area contributed by atoms with Gasteiger partial charge in [0.05, 0.1) is 17.0 Å². The van der Waals surface area contributed by atoms with E-state index in [-0.39, 0.29) is 0 Å². The van der Waals surface area contributed by atoms with Gasteiger partial charge in [-0.2, -0.15) is 0 Å². The Balaban J connectivity index is 1.84. The Kier molecular flexibility index (Phi) is 5.14. The quantitative estimate of drug-likeness (QED) is 0.493. The van der Waals surface area contributed by atoms with Crippen molar-refractivity contribution in [3.05, 3.63) is 82.0 Å². The Labute approximate surface area is 150 Å². The molecule has 0 N–H and O–H groups in total. The molecule has 0 fully saturated rings. The average molecular weight is 357 g/mol. The van der Waals surface area contributed by atoms with Crippen LogP contribution in [0.15, 0.2) is 75.3 Å². The van der Waals surface area contributed by atoms with Gasteiger partial charge in [-0.05, 0) is 42.8 Å². The van der Waals surface area contributed by atoms with E-state index in [9.17, 15) is 0 Å². The molecule has 0 bridgehead atoms. The molecule has 0 atom stereocenters. The second-order valence-electron chi connectivity index (χ2n) is 5.12. The van der Waals surface area contributed by atoms with E-state index in [1.165, 1.54) is 0 Å². The predicted octanol–water partition coefficient (Wildman–Crippen LogP) is 6.48. The van der Waals surface area contributed by atoms with Crippen molar-refractivity contribution < 1.29 is 4.42 Å². The van der Waals surface area contributed by atoms with Gasteiger partial charge in [-0.1, -0.05) is 41.4 Å². The Morgan fingerprint density at radius 3 is 2.67 bits per heavy atom. The van der Waals surface area contributed by atoms with Gasteiger partial charge in [-0.15, -0.1) is 0 Å². The molecule has 120 valence electrons. The molecule has 3 nitrogen and oxygen atoms in total. The van der Waals surface area contributed by atoms with Crippen molar-refractivity contribution in [2.75, 3.05) is 0 Å². The van der Waals surface area contributed by atoms with Gasteiger partial charge in [0.1, 0.15) is 0 Å². The normalized spacial score (nSPS) is 12.0. The van der Waals surface area contributed by atoms with Crippen molar-refractivity contribution in [3.63, 3.8) is 0 Å². The van der Waals surface area contributed by atoms with Crippen molar-refractivity contribution in [2.45, 2.75) is 6.92 Å². The lowest BCUT2D eigenvalue weighted by Crippen LogP contribution is -1.93. The minimum absolute atomic E-state index is 0.568. The maximum absolute atomic E-state index is 6.15. The highest BCUT2D eigenvalue weighted by Gasteiger charge is 2.02. The number of nitrogens with zero attached hydrogens (tertiary/aromatic N) is 2. The summed E-state index contributed by atoms with van der Waals surface area (Å²) in [4.78, 5) is 8.91. The Morgan fingerprint density at radius 1 is 1.04 bits per heavy atom. The third-order valence-electron chi connectivity index (χ3n) is 3.36. The molecule has 0 aliphatic heterocycles. The summed E-state index contributed by atoms with van der Waals surface area (Å²) in [6.07, 6.45) is 3.32. The van der Waals surface area contributed by atoms with Gasteiger partial charge in [-0.3, -0.25) is 4.99 Å². The first-order valence-electron chi connectivity index (χ1n) is 7.30. The molecule has 3 rings (SSSR count). The fourth-order valence-electron chi connectivity index (χ4n) is 2.12. The van der Waals surface area contributed by atoms with Crippen molar-refractivity contribution in [2.24, 2.45) is 9.98 Å². The summed E-state index contributed by atoms with van der Waals surface area (Å²) in [5, 5.41) is 1.17. The Morgan fingerprint density at radius 2 is 1.92 bits per heavy atom. The van der Waals surface area contributed by atoms with E-state index in [0.717, 1.165) is 22.5 Å². The van der Waals surface area contributed by atoms with E-state index >= 15 is 0 Å². The van der Waals surface area contributed by atoms with E-state index in [0.29, 0.717) is 15.9 Å². The number of hydrogen-bond acceptors (Lipinski definition) is 3. The first-order chi connectivity index (χ1) is 11.6. The summed E-state index contributed by atoms with van der Waals surface area (Å²) < 4.78 is 5.24. The van der Waals surface area contributed by atoms with E-state index in [1.54, 1.807) is 24.6 Å². The van der Waals surface area contributed by atoms with Crippen LogP contribution in [0.25, 0.3) is 0 Å². The molecule has 0 saturated carbocycles. The lowest BCUT2D eigenvalue weighted by atomic mass is 10.1. The molecule has 0 aliphatic carbocycles. The number of rotatable bonds is 4.